The van der Waals surface area contributed by atoms with E-state index in [9.17, 15) is 15.0 Å². The van der Waals surface area contributed by atoms with Crippen LogP contribution in [0.25, 0.3) is 0 Å². The van der Waals surface area contributed by atoms with Gasteiger partial charge in [-0.1, -0.05) is 30.3 Å². The van der Waals surface area contributed by atoms with Gasteiger partial charge >= 0.3 is 5.97 Å². The third kappa shape index (κ3) is 3.12. The number of carboxylic acids is 1. The Hall–Kier alpha value is -1.43. The van der Waals surface area contributed by atoms with Crippen LogP contribution < -0.4 is 0 Å². The molecule has 0 radical (unpaired) electrons. The Labute approximate surface area is 112 Å². The van der Waals surface area contributed by atoms with E-state index in [1.54, 1.807) is 0 Å². The molecule has 2 N–H and O–H groups in total. The van der Waals surface area contributed by atoms with Gasteiger partial charge in [0, 0.05) is 12.6 Å². The van der Waals surface area contributed by atoms with E-state index < -0.39 is 12.0 Å². The monoisotopic (exact) mass is 265 g/mol. The van der Waals surface area contributed by atoms with Gasteiger partial charge in [-0.3, -0.25) is 9.69 Å². The fraction of sp³-hybridized carbons (Fsp3) is 0.500. The number of aliphatic hydroxyl groups is 1. The maximum atomic E-state index is 11.6. The number of morpholine rings is 1. The van der Waals surface area contributed by atoms with Gasteiger partial charge in [0.25, 0.3) is 0 Å². The lowest BCUT2D eigenvalue weighted by atomic mass is 10.0. The quantitative estimate of drug-likeness (QED) is 0.846. The first-order chi connectivity index (χ1) is 9.13. The summed E-state index contributed by atoms with van der Waals surface area (Å²) >= 11 is 0. The van der Waals surface area contributed by atoms with Gasteiger partial charge in [0.15, 0.2) is 0 Å². The van der Waals surface area contributed by atoms with E-state index in [1.807, 2.05) is 42.2 Å². The molecule has 1 heterocycles. The molecule has 3 unspecified atom stereocenters. The molecule has 1 aliphatic rings. The molecule has 1 aromatic rings. The van der Waals surface area contributed by atoms with E-state index in [1.165, 1.54) is 0 Å². The summed E-state index contributed by atoms with van der Waals surface area (Å²) < 4.78 is 5.45. The van der Waals surface area contributed by atoms with Crippen molar-refractivity contribution in [3.8, 4) is 0 Å². The number of hydrogen-bond donors (Lipinski definition) is 2. The van der Waals surface area contributed by atoms with Crippen molar-refractivity contribution in [1.29, 1.82) is 0 Å². The highest BCUT2D eigenvalue weighted by Gasteiger charge is 2.35. The molecule has 1 saturated heterocycles. The minimum atomic E-state index is -0.878. The molecule has 0 spiro atoms. The molecule has 0 aromatic heterocycles. The second kappa shape index (κ2) is 6.14. The number of ether oxygens (including phenoxy) is 1. The highest BCUT2D eigenvalue weighted by atomic mass is 16.5. The smallest absolute Gasteiger partial charge is 0.325 e. The second-order valence-electron chi connectivity index (χ2n) is 4.84. The first-order valence-corrected chi connectivity index (χ1v) is 6.39. The van der Waals surface area contributed by atoms with Crippen LogP contribution >= 0.6 is 0 Å². The second-order valence-corrected chi connectivity index (χ2v) is 4.84. The van der Waals surface area contributed by atoms with E-state index in [0.29, 0.717) is 13.2 Å². The van der Waals surface area contributed by atoms with E-state index in [2.05, 4.69) is 0 Å². The fourth-order valence-corrected chi connectivity index (χ4v) is 2.42. The predicted molar refractivity (Wildman–Crippen MR) is 69.8 cm³/mol. The van der Waals surface area contributed by atoms with Crippen molar-refractivity contribution in [1.82, 2.24) is 4.90 Å². The molecule has 104 valence electrons. The van der Waals surface area contributed by atoms with Crippen molar-refractivity contribution in [2.45, 2.75) is 25.1 Å². The molecule has 0 bridgehead atoms. The molecule has 1 aromatic carbocycles. The Bertz CT molecular complexity index is 423. The van der Waals surface area contributed by atoms with Gasteiger partial charge in [-0.2, -0.15) is 0 Å². The van der Waals surface area contributed by atoms with E-state index in [4.69, 9.17) is 4.74 Å². The van der Waals surface area contributed by atoms with E-state index in [0.717, 1.165) is 5.56 Å². The summed E-state index contributed by atoms with van der Waals surface area (Å²) in [5, 5.41) is 18.7. The lowest BCUT2D eigenvalue weighted by Crippen LogP contribution is -2.52. The van der Waals surface area contributed by atoms with Gasteiger partial charge in [0.1, 0.15) is 6.04 Å². The largest absolute Gasteiger partial charge is 0.480 e. The molecule has 5 nitrogen and oxygen atoms in total. The summed E-state index contributed by atoms with van der Waals surface area (Å²) in [5.74, 6) is -0.878. The van der Waals surface area contributed by atoms with Crippen LogP contribution in [0.5, 0.6) is 0 Å². The summed E-state index contributed by atoms with van der Waals surface area (Å²) in [7, 11) is 0. The third-order valence-corrected chi connectivity index (χ3v) is 3.44. The normalized spacial score (nSPS) is 26.0. The minimum absolute atomic E-state index is 0.00380. The van der Waals surface area contributed by atoms with Crippen molar-refractivity contribution in [2.24, 2.45) is 0 Å². The van der Waals surface area contributed by atoms with Crippen LogP contribution in [0.1, 0.15) is 18.5 Å². The first-order valence-electron chi connectivity index (χ1n) is 6.39. The van der Waals surface area contributed by atoms with E-state index in [-0.39, 0.29) is 18.8 Å². The highest BCUT2D eigenvalue weighted by Crippen LogP contribution is 2.26. The molecule has 0 aliphatic carbocycles. The molecule has 3 atom stereocenters. The Balaban J connectivity index is 2.25. The van der Waals surface area contributed by atoms with Crippen molar-refractivity contribution >= 4 is 5.97 Å². The van der Waals surface area contributed by atoms with Gasteiger partial charge in [0.05, 0.1) is 19.3 Å². The van der Waals surface area contributed by atoms with Crippen LogP contribution in [0.4, 0.5) is 0 Å². The lowest BCUT2D eigenvalue weighted by Gasteiger charge is -2.40. The average molecular weight is 265 g/mol. The molecule has 1 fully saturated rings. The molecule has 0 saturated carbocycles. The van der Waals surface area contributed by atoms with Gasteiger partial charge in [-0.25, -0.2) is 0 Å². The number of aliphatic hydroxyl groups excluding tert-OH is 1. The van der Waals surface area contributed by atoms with Crippen molar-refractivity contribution < 1.29 is 19.7 Å². The molecular weight excluding hydrogens is 246 g/mol. The number of carboxylic acid groups (broad SMARTS) is 1. The number of rotatable bonds is 4. The lowest BCUT2D eigenvalue weighted by molar-refractivity contribution is -0.151. The topological polar surface area (TPSA) is 70.0 Å². The summed E-state index contributed by atoms with van der Waals surface area (Å²) in [4.78, 5) is 13.5. The third-order valence-electron chi connectivity index (χ3n) is 3.44. The SMILES string of the molecule is CC1COC(CO)CN1C(C(=O)O)c1ccccc1. The van der Waals surface area contributed by atoms with Crippen LogP contribution in [0, 0.1) is 0 Å². The van der Waals surface area contributed by atoms with Gasteiger partial charge in [-0.05, 0) is 12.5 Å². The maximum Gasteiger partial charge on any atom is 0.325 e. The molecule has 19 heavy (non-hydrogen) atoms. The summed E-state index contributed by atoms with van der Waals surface area (Å²) in [6, 6.07) is 8.46. The zero-order chi connectivity index (χ0) is 13.8. The Morgan fingerprint density at radius 2 is 2.16 bits per heavy atom. The Kier molecular flexibility index (Phi) is 4.52. The zero-order valence-electron chi connectivity index (χ0n) is 10.9. The molecule has 0 amide bonds. The summed E-state index contributed by atoms with van der Waals surface area (Å²) in [6.07, 6.45) is -0.318. The van der Waals surface area contributed by atoms with Gasteiger partial charge < -0.3 is 14.9 Å². The number of carbonyl (C=O) groups is 1. The fourth-order valence-electron chi connectivity index (χ4n) is 2.42. The van der Waals surface area contributed by atoms with Gasteiger partial charge in [-0.15, -0.1) is 0 Å². The number of aliphatic carboxylic acids is 1. The number of benzene rings is 1. The van der Waals surface area contributed by atoms with Crippen LogP contribution in [-0.2, 0) is 9.53 Å². The zero-order valence-corrected chi connectivity index (χ0v) is 10.9. The highest BCUT2D eigenvalue weighted by molar-refractivity contribution is 5.75. The minimum Gasteiger partial charge on any atom is -0.480 e. The first kappa shape index (κ1) is 14.0. The van der Waals surface area contributed by atoms with Crippen molar-refractivity contribution in [2.75, 3.05) is 19.8 Å². The van der Waals surface area contributed by atoms with Crippen LogP contribution in [0.15, 0.2) is 30.3 Å². The molecule has 2 rings (SSSR count). The Morgan fingerprint density at radius 1 is 1.47 bits per heavy atom. The van der Waals surface area contributed by atoms with Crippen molar-refractivity contribution in [3.05, 3.63) is 35.9 Å². The van der Waals surface area contributed by atoms with Crippen LogP contribution in [-0.4, -0.2) is 53.0 Å². The molecule has 1 aliphatic heterocycles. The predicted octanol–water partition coefficient (Wildman–Crippen LogP) is 0.894. The summed E-state index contributed by atoms with van der Waals surface area (Å²) in [5.41, 5.74) is 0.750. The van der Waals surface area contributed by atoms with Crippen molar-refractivity contribution in [3.63, 3.8) is 0 Å². The molecular formula is C14H19NO4. The number of hydrogen-bond acceptors (Lipinski definition) is 4. The summed E-state index contributed by atoms with van der Waals surface area (Å²) in [6.45, 7) is 2.70. The number of nitrogens with zero attached hydrogens (tertiary/aromatic N) is 1. The van der Waals surface area contributed by atoms with E-state index >= 15 is 0 Å². The molecule has 5 heteroatoms. The average Bonchev–Trinajstić information content (AvgIpc) is 2.42. The van der Waals surface area contributed by atoms with Crippen LogP contribution in [0.3, 0.4) is 0 Å². The van der Waals surface area contributed by atoms with Gasteiger partial charge in [0.2, 0.25) is 0 Å². The maximum absolute atomic E-state index is 11.6. The van der Waals surface area contributed by atoms with Crippen LogP contribution in [0.2, 0.25) is 0 Å². The standard InChI is InChI=1S/C14H19NO4/c1-10-9-19-12(8-16)7-15(10)13(14(17)18)11-5-3-2-4-6-11/h2-6,10,12-13,16H,7-9H2,1H3,(H,17,18). The Morgan fingerprint density at radius 3 is 2.74 bits per heavy atom.